The Morgan fingerprint density at radius 1 is 1.43 bits per heavy atom. The Morgan fingerprint density at radius 3 is 2.81 bits per heavy atom. The molecule has 21 heavy (non-hydrogen) atoms. The van der Waals surface area contributed by atoms with E-state index in [4.69, 9.17) is 14.6 Å². The molecule has 1 aromatic carbocycles. The highest BCUT2D eigenvalue weighted by atomic mass is 16.5. The molecule has 0 saturated carbocycles. The van der Waals surface area contributed by atoms with Crippen molar-refractivity contribution in [3.8, 4) is 11.5 Å². The van der Waals surface area contributed by atoms with Crippen LogP contribution in [0.3, 0.4) is 0 Å². The molecule has 0 aliphatic carbocycles. The van der Waals surface area contributed by atoms with Crippen molar-refractivity contribution in [2.75, 3.05) is 20.3 Å². The number of hydrogen-bond acceptors (Lipinski definition) is 4. The van der Waals surface area contributed by atoms with Crippen molar-refractivity contribution in [1.82, 2.24) is 4.90 Å². The van der Waals surface area contributed by atoms with Gasteiger partial charge in [-0.05, 0) is 43.5 Å². The van der Waals surface area contributed by atoms with Crippen molar-refractivity contribution >= 4 is 11.9 Å². The number of aliphatic carboxylic acids is 1. The first-order valence-electron chi connectivity index (χ1n) is 6.82. The number of carboxylic acids is 1. The molecular weight excluding hydrogens is 274 g/mol. The average molecular weight is 293 g/mol. The van der Waals surface area contributed by atoms with Crippen LogP contribution in [-0.2, 0) is 9.59 Å². The number of carbonyl (C=O) groups excluding carboxylic acids is 1. The number of likely N-dealkylation sites (tertiary alicyclic amines) is 1. The number of nitrogens with zero attached hydrogens (tertiary/aromatic N) is 1. The molecule has 1 unspecified atom stereocenters. The van der Waals surface area contributed by atoms with Gasteiger partial charge in [-0.1, -0.05) is 0 Å². The van der Waals surface area contributed by atoms with Crippen LogP contribution in [0.4, 0.5) is 0 Å². The lowest BCUT2D eigenvalue weighted by atomic mass is 10.2. The second-order valence-corrected chi connectivity index (χ2v) is 5.00. The Bertz CT molecular complexity index is 543. The molecular formula is C15H19NO5. The monoisotopic (exact) mass is 293 g/mol. The van der Waals surface area contributed by atoms with Crippen LogP contribution in [0.25, 0.3) is 0 Å². The van der Waals surface area contributed by atoms with Crippen LogP contribution in [0.1, 0.15) is 18.4 Å². The molecule has 6 nitrogen and oxygen atoms in total. The third-order valence-electron chi connectivity index (χ3n) is 3.59. The van der Waals surface area contributed by atoms with Crippen molar-refractivity contribution < 1.29 is 24.2 Å². The number of rotatable bonds is 5. The van der Waals surface area contributed by atoms with E-state index in [1.54, 1.807) is 25.3 Å². The van der Waals surface area contributed by atoms with Gasteiger partial charge in [-0.15, -0.1) is 0 Å². The molecule has 2 rings (SSSR count). The van der Waals surface area contributed by atoms with Gasteiger partial charge in [-0.3, -0.25) is 4.79 Å². The molecule has 114 valence electrons. The van der Waals surface area contributed by atoms with Gasteiger partial charge < -0.3 is 19.5 Å². The molecule has 1 fully saturated rings. The maximum absolute atomic E-state index is 12.1. The Kier molecular flexibility index (Phi) is 4.67. The normalized spacial score (nSPS) is 17.6. The van der Waals surface area contributed by atoms with Crippen molar-refractivity contribution in [3.63, 3.8) is 0 Å². The van der Waals surface area contributed by atoms with E-state index >= 15 is 0 Å². The second-order valence-electron chi connectivity index (χ2n) is 5.00. The number of aryl methyl sites for hydroxylation is 1. The molecule has 1 atom stereocenters. The molecule has 0 spiro atoms. The SMILES string of the molecule is COc1ccc(OCC(=O)N2CCCC2C(=O)O)cc1C. The molecule has 1 amide bonds. The van der Waals surface area contributed by atoms with E-state index in [-0.39, 0.29) is 12.5 Å². The summed E-state index contributed by atoms with van der Waals surface area (Å²) >= 11 is 0. The van der Waals surface area contributed by atoms with Gasteiger partial charge >= 0.3 is 5.97 Å². The predicted octanol–water partition coefficient (Wildman–Crippen LogP) is 1.46. The summed E-state index contributed by atoms with van der Waals surface area (Å²) in [4.78, 5) is 24.5. The molecule has 1 N–H and O–H groups in total. The number of carbonyl (C=O) groups is 2. The van der Waals surface area contributed by atoms with E-state index in [0.29, 0.717) is 25.1 Å². The summed E-state index contributed by atoms with van der Waals surface area (Å²) < 4.78 is 10.6. The third kappa shape index (κ3) is 3.45. The Balaban J connectivity index is 1.95. The lowest BCUT2D eigenvalue weighted by Gasteiger charge is -2.21. The van der Waals surface area contributed by atoms with Gasteiger partial charge in [-0.2, -0.15) is 0 Å². The van der Waals surface area contributed by atoms with Crippen molar-refractivity contribution in [3.05, 3.63) is 23.8 Å². The van der Waals surface area contributed by atoms with Crippen molar-refractivity contribution in [1.29, 1.82) is 0 Å². The molecule has 0 radical (unpaired) electrons. The summed E-state index contributed by atoms with van der Waals surface area (Å²) in [5.74, 6) is 0.0568. The van der Waals surface area contributed by atoms with Gasteiger partial charge in [0.25, 0.3) is 5.91 Å². The van der Waals surface area contributed by atoms with Gasteiger partial charge in [0.1, 0.15) is 17.5 Å². The van der Waals surface area contributed by atoms with Crippen LogP contribution < -0.4 is 9.47 Å². The molecule has 0 aromatic heterocycles. The van der Waals surface area contributed by atoms with Crippen molar-refractivity contribution in [2.24, 2.45) is 0 Å². The smallest absolute Gasteiger partial charge is 0.326 e. The van der Waals surface area contributed by atoms with E-state index in [0.717, 1.165) is 11.3 Å². The fourth-order valence-electron chi connectivity index (χ4n) is 2.49. The van der Waals surface area contributed by atoms with Crippen LogP contribution in [0, 0.1) is 6.92 Å². The number of hydrogen-bond donors (Lipinski definition) is 1. The highest BCUT2D eigenvalue weighted by Crippen LogP contribution is 2.23. The average Bonchev–Trinajstić information content (AvgIpc) is 2.94. The summed E-state index contributed by atoms with van der Waals surface area (Å²) in [5, 5.41) is 9.06. The fraction of sp³-hybridized carbons (Fsp3) is 0.467. The number of methoxy groups -OCH3 is 1. The summed E-state index contributed by atoms with van der Waals surface area (Å²) in [5.41, 5.74) is 0.909. The lowest BCUT2D eigenvalue weighted by molar-refractivity contribution is -0.148. The highest BCUT2D eigenvalue weighted by Gasteiger charge is 2.33. The largest absolute Gasteiger partial charge is 0.496 e. The van der Waals surface area contributed by atoms with E-state index in [2.05, 4.69) is 0 Å². The fourth-order valence-corrected chi connectivity index (χ4v) is 2.49. The van der Waals surface area contributed by atoms with Gasteiger partial charge in [0.15, 0.2) is 6.61 Å². The summed E-state index contributed by atoms with van der Waals surface area (Å²) in [6.45, 7) is 2.20. The van der Waals surface area contributed by atoms with E-state index < -0.39 is 12.0 Å². The van der Waals surface area contributed by atoms with E-state index in [1.165, 1.54) is 4.90 Å². The number of benzene rings is 1. The van der Waals surface area contributed by atoms with Crippen LogP contribution >= 0.6 is 0 Å². The first-order chi connectivity index (χ1) is 10.0. The molecule has 1 saturated heterocycles. The van der Waals surface area contributed by atoms with Gasteiger partial charge in [0, 0.05) is 6.54 Å². The summed E-state index contributed by atoms with van der Waals surface area (Å²) in [6.07, 6.45) is 1.22. The maximum Gasteiger partial charge on any atom is 0.326 e. The Hall–Kier alpha value is -2.24. The van der Waals surface area contributed by atoms with Crippen LogP contribution in [0.2, 0.25) is 0 Å². The zero-order valence-electron chi connectivity index (χ0n) is 12.2. The maximum atomic E-state index is 12.1. The molecule has 1 aromatic rings. The summed E-state index contributed by atoms with van der Waals surface area (Å²) in [6, 6.07) is 4.55. The van der Waals surface area contributed by atoms with Gasteiger partial charge in [0.2, 0.25) is 0 Å². The second kappa shape index (κ2) is 6.47. The molecule has 6 heteroatoms. The van der Waals surface area contributed by atoms with Crippen LogP contribution in [0.5, 0.6) is 11.5 Å². The van der Waals surface area contributed by atoms with Crippen LogP contribution in [-0.4, -0.2) is 48.2 Å². The predicted molar refractivity (Wildman–Crippen MR) is 75.6 cm³/mol. The topological polar surface area (TPSA) is 76.1 Å². The number of carboxylic acid groups (broad SMARTS) is 1. The first kappa shape index (κ1) is 15.2. The summed E-state index contributed by atoms with van der Waals surface area (Å²) in [7, 11) is 1.59. The quantitative estimate of drug-likeness (QED) is 0.889. The third-order valence-corrected chi connectivity index (χ3v) is 3.59. The minimum Gasteiger partial charge on any atom is -0.496 e. The zero-order valence-corrected chi connectivity index (χ0v) is 12.2. The minimum atomic E-state index is -0.957. The number of ether oxygens (including phenoxy) is 2. The van der Waals surface area contributed by atoms with Gasteiger partial charge in [-0.25, -0.2) is 4.79 Å². The minimum absolute atomic E-state index is 0.157. The highest BCUT2D eigenvalue weighted by molar-refractivity contribution is 5.85. The molecule has 0 bridgehead atoms. The van der Waals surface area contributed by atoms with Crippen LogP contribution in [0.15, 0.2) is 18.2 Å². The molecule has 1 aliphatic heterocycles. The zero-order chi connectivity index (χ0) is 15.4. The molecule has 1 aliphatic rings. The Labute approximate surface area is 123 Å². The number of amides is 1. The first-order valence-corrected chi connectivity index (χ1v) is 6.82. The van der Waals surface area contributed by atoms with E-state index in [9.17, 15) is 9.59 Å². The van der Waals surface area contributed by atoms with Gasteiger partial charge in [0.05, 0.1) is 7.11 Å². The van der Waals surface area contributed by atoms with E-state index in [1.807, 2.05) is 6.92 Å². The lowest BCUT2D eigenvalue weighted by Crippen LogP contribution is -2.42. The van der Waals surface area contributed by atoms with Crippen molar-refractivity contribution in [2.45, 2.75) is 25.8 Å². The molecule has 1 heterocycles. The standard InChI is InChI=1S/C15H19NO5/c1-10-8-11(5-6-13(10)20-2)21-9-14(17)16-7-3-4-12(16)15(18)19/h5-6,8,12H,3-4,7,9H2,1-2H3,(H,18,19). The Morgan fingerprint density at radius 2 is 2.19 bits per heavy atom.